The minimum atomic E-state index is -1.01. The lowest BCUT2D eigenvalue weighted by atomic mass is 9.91. The van der Waals surface area contributed by atoms with Crippen LogP contribution in [0.25, 0.3) is 11.3 Å². The molecule has 1 aromatic carbocycles. The zero-order chi connectivity index (χ0) is 24.6. The quantitative estimate of drug-likeness (QED) is 0.663. The molecule has 3 heterocycles. The lowest BCUT2D eigenvalue weighted by Gasteiger charge is -2.45. The minimum Gasteiger partial charge on any atom is -0.508 e. The van der Waals surface area contributed by atoms with Crippen molar-refractivity contribution in [3.05, 3.63) is 36.0 Å². The molecule has 2 unspecified atom stereocenters. The smallest absolute Gasteiger partial charge is 0.273 e. The number of phenols is 1. The van der Waals surface area contributed by atoms with E-state index in [4.69, 9.17) is 5.10 Å². The highest BCUT2D eigenvalue weighted by molar-refractivity contribution is 6.00. The number of amides is 2. The van der Waals surface area contributed by atoms with E-state index in [9.17, 15) is 14.7 Å². The zero-order valence-electron chi connectivity index (χ0n) is 20.9. The molecular formula is C27H37N5O3. The van der Waals surface area contributed by atoms with Gasteiger partial charge >= 0.3 is 0 Å². The lowest BCUT2D eigenvalue weighted by Crippen LogP contribution is -2.66. The standard InChI is InChI=1S/C27H37N5O3/c1-3-30-15-7-10-21(30)17-31-25(34)24-16-23(19-11-13-22(33)14-12-19)29-32(24)18-27(31,2)26(35)28-20-8-5-4-6-9-20/h11-14,16,20-21,33H,3-10,15,17-18H2,1-2H3,(H,28,35). The minimum absolute atomic E-state index is 0.0777. The molecule has 8 nitrogen and oxygen atoms in total. The molecule has 1 aromatic heterocycles. The molecule has 3 aliphatic rings. The Kier molecular flexibility index (Phi) is 6.57. The summed E-state index contributed by atoms with van der Waals surface area (Å²) in [6.07, 6.45) is 7.65. The molecule has 0 spiro atoms. The Morgan fingerprint density at radius 3 is 2.60 bits per heavy atom. The number of benzene rings is 1. The van der Waals surface area contributed by atoms with Gasteiger partial charge in [-0.2, -0.15) is 5.10 Å². The van der Waals surface area contributed by atoms with Gasteiger partial charge in [0.05, 0.1) is 12.2 Å². The van der Waals surface area contributed by atoms with Gasteiger partial charge in [0.25, 0.3) is 5.91 Å². The Labute approximate surface area is 207 Å². The van der Waals surface area contributed by atoms with Gasteiger partial charge in [-0.25, -0.2) is 0 Å². The molecule has 2 aromatic rings. The van der Waals surface area contributed by atoms with Crippen molar-refractivity contribution >= 4 is 11.8 Å². The number of fused-ring (bicyclic) bond motifs is 1. The molecule has 5 rings (SSSR count). The topological polar surface area (TPSA) is 90.7 Å². The van der Waals surface area contributed by atoms with Gasteiger partial charge in [0.15, 0.2) is 0 Å². The van der Waals surface area contributed by atoms with E-state index in [0.717, 1.165) is 57.2 Å². The summed E-state index contributed by atoms with van der Waals surface area (Å²) >= 11 is 0. The second-order valence-corrected chi connectivity index (χ2v) is 10.5. The summed E-state index contributed by atoms with van der Waals surface area (Å²) in [7, 11) is 0. The third-order valence-corrected chi connectivity index (χ3v) is 8.19. The molecule has 188 valence electrons. The second kappa shape index (κ2) is 9.64. The van der Waals surface area contributed by atoms with E-state index >= 15 is 0 Å². The van der Waals surface area contributed by atoms with Crippen molar-refractivity contribution in [3.8, 4) is 17.0 Å². The maximum absolute atomic E-state index is 13.9. The van der Waals surface area contributed by atoms with E-state index < -0.39 is 5.54 Å². The molecule has 2 fully saturated rings. The first kappa shape index (κ1) is 23.9. The van der Waals surface area contributed by atoms with Crippen molar-refractivity contribution in [1.29, 1.82) is 0 Å². The van der Waals surface area contributed by atoms with Crippen LogP contribution < -0.4 is 5.32 Å². The lowest BCUT2D eigenvalue weighted by molar-refractivity contribution is -0.134. The summed E-state index contributed by atoms with van der Waals surface area (Å²) in [5.41, 5.74) is 0.991. The van der Waals surface area contributed by atoms with Crippen molar-refractivity contribution in [2.75, 3.05) is 19.6 Å². The number of hydrogen-bond acceptors (Lipinski definition) is 5. The fourth-order valence-corrected chi connectivity index (χ4v) is 6.02. The largest absolute Gasteiger partial charge is 0.508 e. The molecule has 8 heteroatoms. The normalized spacial score (nSPS) is 25.6. The summed E-state index contributed by atoms with van der Waals surface area (Å²) in [5, 5.41) is 17.7. The Balaban J connectivity index is 1.47. The Morgan fingerprint density at radius 2 is 1.89 bits per heavy atom. The van der Waals surface area contributed by atoms with Crippen LogP contribution in [0.5, 0.6) is 5.75 Å². The van der Waals surface area contributed by atoms with Crippen molar-refractivity contribution in [2.24, 2.45) is 0 Å². The molecule has 1 saturated heterocycles. The van der Waals surface area contributed by atoms with Gasteiger partial charge in [-0.15, -0.1) is 0 Å². The Hall–Kier alpha value is -2.87. The number of nitrogens with one attached hydrogen (secondary N) is 1. The predicted molar refractivity (Wildman–Crippen MR) is 134 cm³/mol. The molecule has 2 N–H and O–H groups in total. The number of carbonyl (C=O) groups excluding carboxylic acids is 2. The second-order valence-electron chi connectivity index (χ2n) is 10.5. The fraction of sp³-hybridized carbons (Fsp3) is 0.593. The third kappa shape index (κ3) is 4.56. The summed E-state index contributed by atoms with van der Waals surface area (Å²) in [6, 6.07) is 9.06. The number of aromatic nitrogens is 2. The molecule has 0 radical (unpaired) electrons. The zero-order valence-corrected chi connectivity index (χ0v) is 20.9. The molecule has 1 saturated carbocycles. The Bertz CT molecular complexity index is 1070. The van der Waals surface area contributed by atoms with Gasteiger partial charge in [0.1, 0.15) is 17.0 Å². The molecule has 0 bridgehead atoms. The summed E-state index contributed by atoms with van der Waals surface area (Å²) < 4.78 is 1.70. The summed E-state index contributed by atoms with van der Waals surface area (Å²) in [6.45, 7) is 6.91. The van der Waals surface area contributed by atoms with Crippen LogP contribution in [-0.2, 0) is 11.3 Å². The first-order valence-corrected chi connectivity index (χ1v) is 13.1. The van der Waals surface area contributed by atoms with Crippen LogP contribution in [0.15, 0.2) is 30.3 Å². The van der Waals surface area contributed by atoms with E-state index in [1.807, 2.05) is 17.9 Å². The fourth-order valence-electron chi connectivity index (χ4n) is 6.02. The van der Waals surface area contributed by atoms with Gasteiger partial charge in [0, 0.05) is 24.2 Å². The predicted octanol–water partition coefficient (Wildman–Crippen LogP) is 3.40. The highest BCUT2D eigenvalue weighted by atomic mass is 16.3. The van der Waals surface area contributed by atoms with Gasteiger partial charge in [0.2, 0.25) is 5.91 Å². The number of nitrogens with zero attached hydrogens (tertiary/aromatic N) is 4. The van der Waals surface area contributed by atoms with Crippen LogP contribution >= 0.6 is 0 Å². The maximum Gasteiger partial charge on any atom is 0.273 e. The molecule has 35 heavy (non-hydrogen) atoms. The number of hydrogen-bond donors (Lipinski definition) is 2. The third-order valence-electron chi connectivity index (χ3n) is 8.19. The molecule has 2 atom stereocenters. The number of rotatable bonds is 6. The van der Waals surface area contributed by atoms with E-state index in [2.05, 4.69) is 17.1 Å². The van der Waals surface area contributed by atoms with E-state index in [1.165, 1.54) is 6.42 Å². The average molecular weight is 480 g/mol. The first-order valence-electron chi connectivity index (χ1n) is 13.1. The average Bonchev–Trinajstić information content (AvgIpc) is 3.49. The number of phenolic OH excluding ortho intramolecular Hbond substituents is 1. The molecule has 1 aliphatic carbocycles. The van der Waals surface area contributed by atoms with Crippen LogP contribution in [0, 0.1) is 0 Å². The van der Waals surface area contributed by atoms with Gasteiger partial charge < -0.3 is 15.3 Å². The number of aromatic hydroxyl groups is 1. The van der Waals surface area contributed by atoms with Crippen LogP contribution in [-0.4, -0.2) is 73.8 Å². The highest BCUT2D eigenvalue weighted by Gasteiger charge is 2.49. The van der Waals surface area contributed by atoms with Gasteiger partial charge in [-0.1, -0.05) is 26.2 Å². The van der Waals surface area contributed by atoms with Gasteiger partial charge in [-0.05, 0) is 76.0 Å². The van der Waals surface area contributed by atoms with E-state index in [0.29, 0.717) is 24.5 Å². The number of carbonyl (C=O) groups is 2. The van der Waals surface area contributed by atoms with Crippen LogP contribution in [0.2, 0.25) is 0 Å². The number of likely N-dealkylation sites (tertiary alicyclic amines) is 1. The van der Waals surface area contributed by atoms with Crippen molar-refractivity contribution < 1.29 is 14.7 Å². The molecule has 2 aliphatic heterocycles. The first-order chi connectivity index (χ1) is 16.9. The number of likely N-dealkylation sites (N-methyl/N-ethyl adjacent to an activating group) is 1. The summed E-state index contributed by atoms with van der Waals surface area (Å²) in [5.74, 6) is -0.0341. The van der Waals surface area contributed by atoms with Crippen LogP contribution in [0.4, 0.5) is 0 Å². The summed E-state index contributed by atoms with van der Waals surface area (Å²) in [4.78, 5) is 32.0. The highest BCUT2D eigenvalue weighted by Crippen LogP contribution is 2.33. The molecular weight excluding hydrogens is 442 g/mol. The van der Waals surface area contributed by atoms with Crippen molar-refractivity contribution in [3.63, 3.8) is 0 Å². The monoisotopic (exact) mass is 479 g/mol. The Morgan fingerprint density at radius 1 is 1.14 bits per heavy atom. The molecule has 2 amide bonds. The van der Waals surface area contributed by atoms with E-state index in [1.54, 1.807) is 28.9 Å². The van der Waals surface area contributed by atoms with E-state index in [-0.39, 0.29) is 29.6 Å². The SMILES string of the molecule is CCN1CCCC1CN1C(=O)c2cc(-c3ccc(O)cc3)nn2CC1(C)C(=O)NC1CCCCC1. The van der Waals surface area contributed by atoms with Gasteiger partial charge in [-0.3, -0.25) is 19.2 Å². The van der Waals surface area contributed by atoms with Crippen LogP contribution in [0.1, 0.15) is 69.3 Å². The maximum atomic E-state index is 13.9. The van der Waals surface area contributed by atoms with Crippen molar-refractivity contribution in [1.82, 2.24) is 24.9 Å². The van der Waals surface area contributed by atoms with Crippen molar-refractivity contribution in [2.45, 2.75) is 83.0 Å². The van der Waals surface area contributed by atoms with Crippen LogP contribution in [0.3, 0.4) is 0 Å².